The Balaban J connectivity index is 2.30. The number of pyridine rings is 1. The summed E-state index contributed by atoms with van der Waals surface area (Å²) in [7, 11) is 1.31. The summed E-state index contributed by atoms with van der Waals surface area (Å²) in [4.78, 5) is 15.2. The van der Waals surface area contributed by atoms with Gasteiger partial charge in [0.2, 0.25) is 0 Å². The van der Waals surface area contributed by atoms with Gasteiger partial charge < -0.3 is 9.72 Å². The van der Waals surface area contributed by atoms with Crippen molar-refractivity contribution in [2.45, 2.75) is 6.61 Å². The fraction of sp³-hybridized carbons (Fsp3) is 0.111. The van der Waals surface area contributed by atoms with Crippen LogP contribution in [0.1, 0.15) is 11.1 Å². The molecule has 0 fully saturated rings. The number of rotatable bonds is 3. The van der Waals surface area contributed by atoms with E-state index >= 15 is 0 Å². The zero-order valence-corrected chi connectivity index (χ0v) is 13.7. The number of fused-ring (bicyclic) bond motifs is 1. The van der Waals surface area contributed by atoms with Crippen LogP contribution in [-0.2, 0) is 11.3 Å². The van der Waals surface area contributed by atoms with E-state index in [0.29, 0.717) is 16.1 Å². The van der Waals surface area contributed by atoms with Crippen LogP contribution >= 0.6 is 11.6 Å². The number of H-pyrrole nitrogens is 1. The molecule has 4 nitrogen and oxygen atoms in total. The quantitative estimate of drug-likeness (QED) is 0.763. The average molecular weight is 361 g/mol. The van der Waals surface area contributed by atoms with Gasteiger partial charge in [0.05, 0.1) is 40.4 Å². The standard InChI is InChI=1S/C18H11ClF2N2O2/c1-25-8-11-13(20)5-15-17(18(11)21)16(24)6-14(23-15)10-4-9(7-22)2-3-12(10)19/h2-6H,8H2,1H3,(H,23,24). The van der Waals surface area contributed by atoms with Crippen LogP contribution in [-0.4, -0.2) is 12.1 Å². The molecule has 0 saturated carbocycles. The Kier molecular flexibility index (Phi) is 4.53. The van der Waals surface area contributed by atoms with E-state index in [-0.39, 0.29) is 28.8 Å². The van der Waals surface area contributed by atoms with Crippen molar-refractivity contribution in [1.29, 1.82) is 5.26 Å². The van der Waals surface area contributed by atoms with Crippen molar-refractivity contribution in [2.75, 3.05) is 7.11 Å². The maximum absolute atomic E-state index is 14.5. The number of benzene rings is 2. The Morgan fingerprint density at radius 3 is 2.72 bits per heavy atom. The Labute approximate surface area is 146 Å². The molecule has 0 saturated heterocycles. The molecule has 0 spiro atoms. The van der Waals surface area contributed by atoms with Gasteiger partial charge in [-0.3, -0.25) is 4.79 Å². The van der Waals surface area contributed by atoms with Gasteiger partial charge in [-0.15, -0.1) is 0 Å². The fourth-order valence-corrected chi connectivity index (χ4v) is 2.83. The number of nitriles is 1. The molecular formula is C18H11ClF2N2O2. The summed E-state index contributed by atoms with van der Waals surface area (Å²) in [5.74, 6) is -1.78. The lowest BCUT2D eigenvalue weighted by Crippen LogP contribution is -2.09. The van der Waals surface area contributed by atoms with Gasteiger partial charge in [-0.1, -0.05) is 11.6 Å². The number of aromatic nitrogens is 1. The molecule has 0 aliphatic rings. The van der Waals surface area contributed by atoms with E-state index in [4.69, 9.17) is 21.6 Å². The molecule has 25 heavy (non-hydrogen) atoms. The predicted molar refractivity (Wildman–Crippen MR) is 90.4 cm³/mol. The monoisotopic (exact) mass is 360 g/mol. The van der Waals surface area contributed by atoms with Crippen molar-refractivity contribution < 1.29 is 13.5 Å². The third kappa shape index (κ3) is 3.00. The van der Waals surface area contributed by atoms with Gasteiger partial charge in [0.25, 0.3) is 0 Å². The lowest BCUT2D eigenvalue weighted by Gasteiger charge is -2.10. The number of methoxy groups -OCH3 is 1. The van der Waals surface area contributed by atoms with Crippen LogP contribution in [0.25, 0.3) is 22.2 Å². The highest BCUT2D eigenvalue weighted by molar-refractivity contribution is 6.33. The third-order valence-electron chi connectivity index (χ3n) is 3.78. The second-order valence-electron chi connectivity index (χ2n) is 5.36. The Hall–Kier alpha value is -2.75. The molecule has 1 aromatic heterocycles. The van der Waals surface area contributed by atoms with Gasteiger partial charge in [0.15, 0.2) is 5.43 Å². The number of ether oxygens (including phenoxy) is 1. The van der Waals surface area contributed by atoms with Gasteiger partial charge in [0.1, 0.15) is 11.6 Å². The van der Waals surface area contributed by atoms with Crippen molar-refractivity contribution in [1.82, 2.24) is 4.98 Å². The van der Waals surface area contributed by atoms with Gasteiger partial charge in [-0.25, -0.2) is 8.78 Å². The highest BCUT2D eigenvalue weighted by Gasteiger charge is 2.18. The van der Waals surface area contributed by atoms with Crippen molar-refractivity contribution in [3.05, 3.63) is 68.3 Å². The molecule has 7 heteroatoms. The zero-order chi connectivity index (χ0) is 18.1. The minimum absolute atomic E-state index is 0.00391. The molecule has 0 bridgehead atoms. The van der Waals surface area contributed by atoms with E-state index in [1.54, 1.807) is 0 Å². The molecule has 0 aliphatic heterocycles. The molecule has 1 heterocycles. The molecule has 2 aromatic carbocycles. The highest BCUT2D eigenvalue weighted by Crippen LogP contribution is 2.29. The van der Waals surface area contributed by atoms with E-state index in [0.717, 1.165) is 6.07 Å². The second kappa shape index (κ2) is 6.63. The molecule has 0 atom stereocenters. The summed E-state index contributed by atoms with van der Waals surface area (Å²) in [5.41, 5.74) is 0.0538. The van der Waals surface area contributed by atoms with Crippen molar-refractivity contribution in [3.63, 3.8) is 0 Å². The summed E-state index contributed by atoms with van der Waals surface area (Å²) in [5, 5.41) is 9.04. The first-order valence-corrected chi connectivity index (χ1v) is 7.57. The van der Waals surface area contributed by atoms with Gasteiger partial charge in [-0.2, -0.15) is 5.26 Å². The van der Waals surface area contributed by atoms with Crippen molar-refractivity contribution in [2.24, 2.45) is 0 Å². The lowest BCUT2D eigenvalue weighted by atomic mass is 10.0. The van der Waals surface area contributed by atoms with Gasteiger partial charge >= 0.3 is 0 Å². The minimum Gasteiger partial charge on any atom is -0.380 e. The normalized spacial score (nSPS) is 10.8. The molecule has 0 unspecified atom stereocenters. The summed E-state index contributed by atoms with van der Waals surface area (Å²) in [6, 6.07) is 8.72. The smallest absolute Gasteiger partial charge is 0.192 e. The molecule has 0 amide bonds. The van der Waals surface area contributed by atoms with Crippen LogP contribution in [0, 0.1) is 23.0 Å². The molecular weight excluding hydrogens is 350 g/mol. The summed E-state index contributed by atoms with van der Waals surface area (Å²) >= 11 is 6.12. The molecule has 3 aromatic rings. The summed E-state index contributed by atoms with van der Waals surface area (Å²) in [6.45, 7) is -0.287. The number of aromatic amines is 1. The van der Waals surface area contributed by atoms with E-state index in [1.807, 2.05) is 6.07 Å². The van der Waals surface area contributed by atoms with E-state index in [9.17, 15) is 13.6 Å². The predicted octanol–water partition coefficient (Wildman–Crippen LogP) is 4.14. The van der Waals surface area contributed by atoms with E-state index in [2.05, 4.69) is 4.98 Å². The van der Waals surface area contributed by atoms with Crippen LogP contribution in [0.4, 0.5) is 8.78 Å². The Morgan fingerprint density at radius 1 is 1.28 bits per heavy atom. The van der Waals surface area contributed by atoms with Crippen LogP contribution in [0.3, 0.4) is 0 Å². The summed E-state index contributed by atoms with van der Waals surface area (Å²) in [6.07, 6.45) is 0. The van der Waals surface area contributed by atoms with Crippen LogP contribution in [0.5, 0.6) is 0 Å². The number of hydrogen-bond donors (Lipinski definition) is 1. The molecule has 1 N–H and O–H groups in total. The summed E-state index contributed by atoms with van der Waals surface area (Å²) < 4.78 is 33.4. The highest BCUT2D eigenvalue weighted by atomic mass is 35.5. The molecule has 126 valence electrons. The fourth-order valence-electron chi connectivity index (χ4n) is 2.61. The van der Waals surface area contributed by atoms with E-state index < -0.39 is 17.1 Å². The van der Waals surface area contributed by atoms with Crippen LogP contribution < -0.4 is 5.43 Å². The maximum atomic E-state index is 14.5. The lowest BCUT2D eigenvalue weighted by molar-refractivity contribution is 0.178. The number of nitrogens with one attached hydrogen (secondary N) is 1. The Bertz CT molecular complexity index is 1090. The SMILES string of the molecule is COCc1c(F)cc2[nH]c(-c3cc(C#N)ccc3Cl)cc(=O)c2c1F. The first-order valence-electron chi connectivity index (χ1n) is 7.19. The third-order valence-corrected chi connectivity index (χ3v) is 4.11. The maximum Gasteiger partial charge on any atom is 0.192 e. The molecule has 3 rings (SSSR count). The average Bonchev–Trinajstić information content (AvgIpc) is 2.58. The van der Waals surface area contributed by atoms with Gasteiger partial charge in [0, 0.05) is 23.8 Å². The number of nitrogens with zero attached hydrogens (tertiary/aromatic N) is 1. The minimum atomic E-state index is -0.957. The Morgan fingerprint density at radius 2 is 2.04 bits per heavy atom. The largest absolute Gasteiger partial charge is 0.380 e. The van der Waals surface area contributed by atoms with Gasteiger partial charge in [-0.05, 0) is 24.3 Å². The van der Waals surface area contributed by atoms with Crippen LogP contribution in [0.15, 0.2) is 35.1 Å². The first-order chi connectivity index (χ1) is 12.0. The van der Waals surface area contributed by atoms with Crippen molar-refractivity contribution in [3.8, 4) is 17.3 Å². The zero-order valence-electron chi connectivity index (χ0n) is 13.0. The second-order valence-corrected chi connectivity index (χ2v) is 5.77. The topological polar surface area (TPSA) is 65.9 Å². The van der Waals surface area contributed by atoms with E-state index in [1.165, 1.54) is 31.4 Å². The molecule has 0 radical (unpaired) electrons. The first kappa shape index (κ1) is 17.1. The number of hydrogen-bond acceptors (Lipinski definition) is 3. The van der Waals surface area contributed by atoms with Crippen LogP contribution in [0.2, 0.25) is 5.02 Å². The number of halogens is 3. The molecule has 0 aliphatic carbocycles. The van der Waals surface area contributed by atoms with Crippen molar-refractivity contribution >= 4 is 22.5 Å².